The third-order valence-corrected chi connectivity index (χ3v) is 3.41. The SMILES string of the molecule is Cc1cc2c(=O)[nH]cc(Cc3ccc(F)c(C#N)c3)n2c1. The van der Waals surface area contributed by atoms with Crippen molar-refractivity contribution in [1.82, 2.24) is 9.38 Å². The zero-order chi connectivity index (χ0) is 15.0. The van der Waals surface area contributed by atoms with E-state index in [-0.39, 0.29) is 11.1 Å². The first-order chi connectivity index (χ1) is 10.1. The molecule has 5 heteroatoms. The second kappa shape index (κ2) is 4.91. The summed E-state index contributed by atoms with van der Waals surface area (Å²) in [5, 5.41) is 8.88. The molecule has 0 fully saturated rings. The number of nitrogens with zero attached hydrogens (tertiary/aromatic N) is 2. The van der Waals surface area contributed by atoms with E-state index >= 15 is 0 Å². The van der Waals surface area contributed by atoms with Crippen LogP contribution in [0.25, 0.3) is 5.52 Å². The number of nitriles is 1. The molecule has 0 aliphatic heterocycles. The first-order valence-corrected chi connectivity index (χ1v) is 6.46. The van der Waals surface area contributed by atoms with Crippen LogP contribution in [0.5, 0.6) is 0 Å². The quantitative estimate of drug-likeness (QED) is 0.784. The second-order valence-corrected chi connectivity index (χ2v) is 4.98. The smallest absolute Gasteiger partial charge is 0.272 e. The Morgan fingerprint density at radius 3 is 2.95 bits per heavy atom. The van der Waals surface area contributed by atoms with Gasteiger partial charge in [-0.1, -0.05) is 6.07 Å². The van der Waals surface area contributed by atoms with Crippen molar-refractivity contribution in [2.24, 2.45) is 0 Å². The topological polar surface area (TPSA) is 61.1 Å². The average molecular weight is 281 g/mol. The third-order valence-electron chi connectivity index (χ3n) is 3.41. The Morgan fingerprint density at radius 2 is 2.19 bits per heavy atom. The molecular weight excluding hydrogens is 269 g/mol. The molecule has 0 aliphatic rings. The van der Waals surface area contributed by atoms with Crippen molar-refractivity contribution in [1.29, 1.82) is 5.26 Å². The molecule has 0 unspecified atom stereocenters. The van der Waals surface area contributed by atoms with Gasteiger partial charge >= 0.3 is 0 Å². The number of fused-ring (bicyclic) bond motifs is 1. The molecule has 21 heavy (non-hydrogen) atoms. The van der Waals surface area contributed by atoms with Crippen molar-refractivity contribution >= 4 is 5.52 Å². The predicted molar refractivity (Wildman–Crippen MR) is 76.7 cm³/mol. The van der Waals surface area contributed by atoms with Crippen LogP contribution >= 0.6 is 0 Å². The monoisotopic (exact) mass is 281 g/mol. The number of hydrogen-bond donors (Lipinski definition) is 1. The highest BCUT2D eigenvalue weighted by molar-refractivity contribution is 5.49. The molecule has 1 N–H and O–H groups in total. The minimum Gasteiger partial charge on any atom is -0.326 e. The number of H-pyrrole nitrogens is 1. The van der Waals surface area contributed by atoms with E-state index in [1.165, 1.54) is 12.1 Å². The average Bonchev–Trinajstić information content (AvgIpc) is 2.87. The Labute approximate surface area is 120 Å². The van der Waals surface area contributed by atoms with Gasteiger partial charge in [-0.2, -0.15) is 5.26 Å². The summed E-state index contributed by atoms with van der Waals surface area (Å²) in [5.41, 5.74) is 3.12. The molecule has 3 aromatic rings. The molecule has 1 aromatic carbocycles. The van der Waals surface area contributed by atoms with Crippen molar-refractivity contribution in [2.75, 3.05) is 0 Å². The number of aryl methyl sites for hydroxylation is 1. The summed E-state index contributed by atoms with van der Waals surface area (Å²) in [7, 11) is 0. The molecule has 3 rings (SSSR count). The summed E-state index contributed by atoms with van der Waals surface area (Å²) in [4.78, 5) is 14.5. The van der Waals surface area contributed by atoms with Crippen LogP contribution in [-0.4, -0.2) is 9.38 Å². The Bertz CT molecular complexity index is 931. The van der Waals surface area contributed by atoms with Crippen LogP contribution < -0.4 is 5.56 Å². The summed E-state index contributed by atoms with van der Waals surface area (Å²) in [5.74, 6) is -0.523. The zero-order valence-corrected chi connectivity index (χ0v) is 11.4. The van der Waals surface area contributed by atoms with Crippen LogP contribution in [0.15, 0.2) is 41.5 Å². The molecule has 0 saturated heterocycles. The van der Waals surface area contributed by atoms with Crippen LogP contribution in [0.1, 0.15) is 22.4 Å². The van der Waals surface area contributed by atoms with Gasteiger partial charge in [-0.3, -0.25) is 4.79 Å². The van der Waals surface area contributed by atoms with Crippen molar-refractivity contribution < 1.29 is 4.39 Å². The lowest BCUT2D eigenvalue weighted by Crippen LogP contribution is -2.11. The molecule has 2 aromatic heterocycles. The van der Waals surface area contributed by atoms with E-state index in [0.717, 1.165) is 16.8 Å². The third kappa shape index (κ3) is 2.32. The van der Waals surface area contributed by atoms with Crippen LogP contribution in [-0.2, 0) is 6.42 Å². The number of rotatable bonds is 2. The molecule has 0 aliphatic carbocycles. The van der Waals surface area contributed by atoms with Gasteiger partial charge < -0.3 is 9.38 Å². The fraction of sp³-hybridized carbons (Fsp3) is 0.125. The first kappa shape index (κ1) is 13.1. The van der Waals surface area contributed by atoms with E-state index in [0.29, 0.717) is 11.9 Å². The molecule has 2 heterocycles. The molecular formula is C16H12FN3O. The lowest BCUT2D eigenvalue weighted by atomic mass is 10.1. The van der Waals surface area contributed by atoms with E-state index in [9.17, 15) is 9.18 Å². The summed E-state index contributed by atoms with van der Waals surface area (Å²) in [6.07, 6.45) is 4.02. The summed E-state index contributed by atoms with van der Waals surface area (Å²) < 4.78 is 15.2. The Kier molecular flexibility index (Phi) is 3.07. The number of benzene rings is 1. The Balaban J connectivity index is 2.09. The number of aromatic amines is 1. The van der Waals surface area contributed by atoms with Gasteiger partial charge in [-0.25, -0.2) is 4.39 Å². The molecule has 0 saturated carbocycles. The molecule has 0 bridgehead atoms. The highest BCUT2D eigenvalue weighted by Crippen LogP contribution is 2.15. The first-order valence-electron chi connectivity index (χ1n) is 6.46. The molecule has 0 spiro atoms. The minimum atomic E-state index is -0.523. The van der Waals surface area contributed by atoms with E-state index in [1.807, 2.05) is 29.7 Å². The molecule has 4 nitrogen and oxygen atoms in total. The second-order valence-electron chi connectivity index (χ2n) is 4.98. The van der Waals surface area contributed by atoms with Crippen molar-refractivity contribution in [3.05, 3.63) is 75.2 Å². The van der Waals surface area contributed by atoms with Gasteiger partial charge in [0.1, 0.15) is 17.4 Å². The summed E-state index contributed by atoms with van der Waals surface area (Å²) in [6.45, 7) is 1.92. The standard InChI is InChI=1S/C16H12FN3O/c1-10-4-15-16(21)19-8-13(20(15)9-10)6-11-2-3-14(17)12(5-11)7-18/h2-5,8-9H,6H2,1H3,(H,19,21). The maximum absolute atomic E-state index is 13.3. The Morgan fingerprint density at radius 1 is 1.38 bits per heavy atom. The van der Waals surface area contributed by atoms with Crippen LogP contribution in [0.3, 0.4) is 0 Å². The van der Waals surface area contributed by atoms with E-state index < -0.39 is 5.82 Å². The van der Waals surface area contributed by atoms with Gasteiger partial charge in [-0.15, -0.1) is 0 Å². The van der Waals surface area contributed by atoms with Crippen LogP contribution in [0, 0.1) is 24.1 Å². The van der Waals surface area contributed by atoms with Crippen molar-refractivity contribution in [3.8, 4) is 6.07 Å². The number of aromatic nitrogens is 2. The van der Waals surface area contributed by atoms with Gasteiger partial charge in [0.25, 0.3) is 5.56 Å². The molecule has 104 valence electrons. The highest BCUT2D eigenvalue weighted by Gasteiger charge is 2.08. The summed E-state index contributed by atoms with van der Waals surface area (Å²) in [6, 6.07) is 8.11. The van der Waals surface area contributed by atoms with Crippen LogP contribution in [0.2, 0.25) is 0 Å². The summed E-state index contributed by atoms with van der Waals surface area (Å²) >= 11 is 0. The maximum Gasteiger partial charge on any atom is 0.272 e. The minimum absolute atomic E-state index is 0.0249. The zero-order valence-electron chi connectivity index (χ0n) is 11.4. The molecule has 0 amide bonds. The highest BCUT2D eigenvalue weighted by atomic mass is 19.1. The molecule has 0 atom stereocenters. The number of halogens is 1. The maximum atomic E-state index is 13.3. The van der Waals surface area contributed by atoms with E-state index in [4.69, 9.17) is 5.26 Å². The predicted octanol–water partition coefficient (Wildman–Crippen LogP) is 2.54. The largest absolute Gasteiger partial charge is 0.326 e. The fourth-order valence-electron chi connectivity index (χ4n) is 2.41. The fourth-order valence-corrected chi connectivity index (χ4v) is 2.41. The lowest BCUT2D eigenvalue weighted by Gasteiger charge is -2.06. The van der Waals surface area contributed by atoms with E-state index in [2.05, 4.69) is 4.98 Å². The van der Waals surface area contributed by atoms with Crippen molar-refractivity contribution in [2.45, 2.75) is 13.3 Å². The number of hydrogen-bond acceptors (Lipinski definition) is 2. The van der Waals surface area contributed by atoms with Gasteiger partial charge in [0, 0.05) is 24.5 Å². The van der Waals surface area contributed by atoms with Crippen molar-refractivity contribution in [3.63, 3.8) is 0 Å². The van der Waals surface area contributed by atoms with Gasteiger partial charge in [0.05, 0.1) is 5.56 Å². The lowest BCUT2D eigenvalue weighted by molar-refractivity contribution is 0.623. The van der Waals surface area contributed by atoms with Gasteiger partial charge in [0.2, 0.25) is 0 Å². The molecule has 0 radical (unpaired) electrons. The normalized spacial score (nSPS) is 10.7. The van der Waals surface area contributed by atoms with Gasteiger partial charge in [-0.05, 0) is 36.2 Å². The van der Waals surface area contributed by atoms with E-state index in [1.54, 1.807) is 12.3 Å². The van der Waals surface area contributed by atoms with Gasteiger partial charge in [0.15, 0.2) is 0 Å². The van der Waals surface area contributed by atoms with Crippen LogP contribution in [0.4, 0.5) is 4.39 Å². The number of nitrogens with one attached hydrogen (secondary N) is 1. The Hall–Kier alpha value is -2.87.